The third-order valence-corrected chi connectivity index (χ3v) is 6.82. The molecule has 0 unspecified atom stereocenters. The molecule has 0 aliphatic rings. The van der Waals surface area contributed by atoms with Gasteiger partial charge in [-0.1, -0.05) is 77.9 Å². The van der Waals surface area contributed by atoms with Crippen molar-refractivity contribution in [3.8, 4) is 33.9 Å². The van der Waals surface area contributed by atoms with E-state index in [-0.39, 0.29) is 22.3 Å². The Morgan fingerprint density at radius 1 is 0.583 bits per heavy atom. The van der Waals surface area contributed by atoms with Crippen molar-refractivity contribution in [1.29, 1.82) is 0 Å². The van der Waals surface area contributed by atoms with E-state index in [0.717, 1.165) is 44.1 Å². The van der Waals surface area contributed by atoms with Gasteiger partial charge in [0, 0.05) is 33.7 Å². The zero-order valence-corrected chi connectivity index (χ0v) is 21.7. The van der Waals surface area contributed by atoms with Gasteiger partial charge >= 0.3 is 0 Å². The second-order valence-electron chi connectivity index (χ2n) is 11.6. The molecule has 0 fully saturated rings. The quantitative estimate of drug-likeness (QED) is 0.252. The first kappa shape index (κ1) is 23.8. The van der Waals surface area contributed by atoms with Crippen molar-refractivity contribution >= 4 is 21.8 Å². The van der Waals surface area contributed by atoms with E-state index >= 15 is 0 Å². The van der Waals surface area contributed by atoms with Crippen LogP contribution in [0.2, 0.25) is 0 Å². The summed E-state index contributed by atoms with van der Waals surface area (Å²) >= 11 is 0. The van der Waals surface area contributed by atoms with Crippen molar-refractivity contribution in [2.24, 2.45) is 0 Å². The van der Waals surface area contributed by atoms with Gasteiger partial charge in [-0.05, 0) is 52.3 Å². The Bertz CT molecular complexity index is 1620. The van der Waals surface area contributed by atoms with E-state index in [1.807, 2.05) is 60.7 Å². The first-order valence-corrected chi connectivity index (χ1v) is 12.3. The third kappa shape index (κ3) is 4.28. The Morgan fingerprint density at radius 3 is 1.72 bits per heavy atom. The van der Waals surface area contributed by atoms with Crippen LogP contribution in [0.1, 0.15) is 52.7 Å². The fourth-order valence-electron chi connectivity index (χ4n) is 4.53. The largest absolute Gasteiger partial charge is 0.507 e. The molecule has 36 heavy (non-hydrogen) atoms. The average Bonchev–Trinajstić information content (AvgIpc) is 2.82. The maximum atomic E-state index is 10.8. The van der Waals surface area contributed by atoms with Gasteiger partial charge < -0.3 is 10.2 Å². The number of fused-ring (bicyclic) bond motifs is 3. The van der Waals surface area contributed by atoms with Crippen molar-refractivity contribution in [3.63, 3.8) is 0 Å². The predicted octanol–water partition coefficient (Wildman–Crippen LogP) is 8.12. The van der Waals surface area contributed by atoms with Crippen LogP contribution in [0.5, 0.6) is 11.5 Å². The lowest BCUT2D eigenvalue weighted by Crippen LogP contribution is -2.10. The summed E-state index contributed by atoms with van der Waals surface area (Å²) in [7, 11) is 0. The maximum absolute atomic E-state index is 10.8. The molecule has 0 amide bonds. The molecule has 0 saturated carbocycles. The first-order chi connectivity index (χ1) is 16.9. The van der Waals surface area contributed by atoms with Crippen molar-refractivity contribution < 1.29 is 10.2 Å². The highest BCUT2D eigenvalue weighted by Crippen LogP contribution is 2.37. The highest BCUT2D eigenvalue weighted by molar-refractivity contribution is 6.04. The van der Waals surface area contributed by atoms with Crippen LogP contribution in [0, 0.1) is 0 Å². The van der Waals surface area contributed by atoms with Crippen molar-refractivity contribution in [2.45, 2.75) is 52.4 Å². The molecule has 182 valence electrons. The van der Waals surface area contributed by atoms with E-state index in [9.17, 15) is 10.2 Å². The summed E-state index contributed by atoms with van der Waals surface area (Å²) in [6.07, 6.45) is 1.79. The summed E-state index contributed by atoms with van der Waals surface area (Å²) in [5.74, 6) is 0.470. The van der Waals surface area contributed by atoms with Gasteiger partial charge in [-0.2, -0.15) is 0 Å². The molecule has 2 N–H and O–H groups in total. The molecule has 2 aromatic heterocycles. The normalized spacial score (nSPS) is 12.4. The van der Waals surface area contributed by atoms with Crippen LogP contribution < -0.4 is 0 Å². The molecule has 0 atom stereocenters. The zero-order valence-electron chi connectivity index (χ0n) is 21.7. The predicted molar refractivity (Wildman–Crippen MR) is 149 cm³/mol. The molecular formula is C32H32N2O2. The van der Waals surface area contributed by atoms with Gasteiger partial charge in [0.25, 0.3) is 0 Å². The SMILES string of the molecule is CC(C)(C)c1ccc(-c2cnc3c(ccc4ccc(-c5ccc(C(C)(C)C)cc5O)nc43)c2)c(O)c1. The van der Waals surface area contributed by atoms with Crippen LogP contribution in [-0.4, -0.2) is 20.2 Å². The van der Waals surface area contributed by atoms with Crippen molar-refractivity contribution in [1.82, 2.24) is 9.97 Å². The highest BCUT2D eigenvalue weighted by atomic mass is 16.3. The maximum Gasteiger partial charge on any atom is 0.125 e. The second kappa shape index (κ2) is 8.34. The van der Waals surface area contributed by atoms with Crippen LogP contribution in [0.15, 0.2) is 72.9 Å². The Kier molecular flexibility index (Phi) is 5.51. The summed E-state index contributed by atoms with van der Waals surface area (Å²) in [6.45, 7) is 12.8. The Balaban J connectivity index is 1.60. The fourth-order valence-corrected chi connectivity index (χ4v) is 4.53. The smallest absolute Gasteiger partial charge is 0.125 e. The van der Waals surface area contributed by atoms with E-state index in [1.54, 1.807) is 6.20 Å². The molecule has 5 rings (SSSR count). The molecule has 4 nitrogen and oxygen atoms in total. The Labute approximate surface area is 212 Å². The van der Waals surface area contributed by atoms with Crippen molar-refractivity contribution in [2.75, 3.05) is 0 Å². The summed E-state index contributed by atoms with van der Waals surface area (Å²) in [4.78, 5) is 9.68. The fraction of sp³-hybridized carbons (Fsp3) is 0.250. The summed E-state index contributed by atoms with van der Waals surface area (Å²) < 4.78 is 0. The van der Waals surface area contributed by atoms with Gasteiger partial charge in [0.05, 0.1) is 16.7 Å². The van der Waals surface area contributed by atoms with E-state index < -0.39 is 0 Å². The lowest BCUT2D eigenvalue weighted by Gasteiger charge is -2.20. The topological polar surface area (TPSA) is 66.2 Å². The molecule has 0 spiro atoms. The van der Waals surface area contributed by atoms with E-state index in [4.69, 9.17) is 9.97 Å². The summed E-state index contributed by atoms with van der Waals surface area (Å²) in [5.41, 5.74) is 6.64. The number of phenols is 2. The van der Waals surface area contributed by atoms with E-state index in [2.05, 4.69) is 47.6 Å². The minimum Gasteiger partial charge on any atom is -0.507 e. The van der Waals surface area contributed by atoms with Crippen LogP contribution in [-0.2, 0) is 10.8 Å². The molecule has 5 aromatic rings. The lowest BCUT2D eigenvalue weighted by molar-refractivity contribution is 0.472. The monoisotopic (exact) mass is 476 g/mol. The van der Waals surface area contributed by atoms with Gasteiger partial charge in [0.15, 0.2) is 0 Å². The van der Waals surface area contributed by atoms with Gasteiger partial charge in [-0.25, -0.2) is 4.98 Å². The molecule has 0 aliphatic carbocycles. The number of nitrogens with zero attached hydrogens (tertiary/aromatic N) is 2. The standard InChI is InChI=1S/C32H32N2O2/c1-31(2,3)22-10-12-24(27(35)16-22)21-15-20-8-7-19-9-14-26(34-30(19)29(20)33-18-21)25-13-11-23(17-28(25)36)32(4,5)6/h7-18,35-36H,1-6H3. The van der Waals surface area contributed by atoms with Crippen LogP contribution in [0.4, 0.5) is 0 Å². The van der Waals surface area contributed by atoms with Gasteiger partial charge in [-0.3, -0.25) is 4.98 Å². The van der Waals surface area contributed by atoms with Gasteiger partial charge in [-0.15, -0.1) is 0 Å². The molecule has 4 heteroatoms. The number of rotatable bonds is 2. The number of benzene rings is 3. The van der Waals surface area contributed by atoms with Gasteiger partial charge in [0.2, 0.25) is 0 Å². The average molecular weight is 477 g/mol. The third-order valence-electron chi connectivity index (χ3n) is 6.82. The number of hydrogen-bond acceptors (Lipinski definition) is 4. The molecule has 0 aliphatic heterocycles. The molecule has 2 heterocycles. The van der Waals surface area contributed by atoms with Crippen LogP contribution in [0.3, 0.4) is 0 Å². The van der Waals surface area contributed by atoms with Crippen LogP contribution >= 0.6 is 0 Å². The van der Waals surface area contributed by atoms with E-state index in [1.165, 1.54) is 0 Å². The first-order valence-electron chi connectivity index (χ1n) is 12.3. The number of hydrogen-bond donors (Lipinski definition) is 2. The summed E-state index contributed by atoms with van der Waals surface area (Å²) in [6, 6.07) is 21.7. The molecule has 3 aromatic carbocycles. The van der Waals surface area contributed by atoms with Crippen LogP contribution in [0.25, 0.3) is 44.2 Å². The molecule has 0 radical (unpaired) electrons. The van der Waals surface area contributed by atoms with Gasteiger partial charge in [0.1, 0.15) is 11.5 Å². The minimum atomic E-state index is -0.0495. The lowest BCUT2D eigenvalue weighted by atomic mass is 9.86. The van der Waals surface area contributed by atoms with E-state index in [0.29, 0.717) is 11.3 Å². The number of pyridine rings is 2. The minimum absolute atomic E-state index is 0.0402. The number of aromatic nitrogens is 2. The Hall–Kier alpha value is -3.92. The molecule has 0 bridgehead atoms. The number of aromatic hydroxyl groups is 2. The molecule has 0 saturated heterocycles. The molecular weight excluding hydrogens is 444 g/mol. The number of phenolic OH excluding ortho intramolecular Hbond substituents is 2. The zero-order chi connectivity index (χ0) is 25.8. The second-order valence-corrected chi connectivity index (χ2v) is 11.6. The Morgan fingerprint density at radius 2 is 1.14 bits per heavy atom. The summed E-state index contributed by atoms with van der Waals surface area (Å²) in [5, 5.41) is 23.4. The van der Waals surface area contributed by atoms with Crippen molar-refractivity contribution in [3.05, 3.63) is 84.1 Å². The highest BCUT2D eigenvalue weighted by Gasteiger charge is 2.18.